The van der Waals surface area contributed by atoms with Crippen molar-refractivity contribution >= 4 is 27.7 Å². The highest BCUT2D eigenvalue weighted by molar-refractivity contribution is 9.10. The minimum atomic E-state index is 0.725. The summed E-state index contributed by atoms with van der Waals surface area (Å²) in [5, 5.41) is 4.37. The molecule has 1 heterocycles. The van der Waals surface area contributed by atoms with Crippen molar-refractivity contribution in [2.24, 2.45) is 0 Å². The van der Waals surface area contributed by atoms with Crippen LogP contribution in [0.25, 0.3) is 0 Å². The van der Waals surface area contributed by atoms with E-state index in [1.165, 1.54) is 16.0 Å². The van der Waals surface area contributed by atoms with Gasteiger partial charge in [-0.15, -0.1) is 0 Å². The van der Waals surface area contributed by atoms with Gasteiger partial charge in [-0.2, -0.15) is 0 Å². The lowest BCUT2D eigenvalue weighted by molar-refractivity contribution is 0.199. The Kier molecular flexibility index (Phi) is 6.70. The van der Waals surface area contributed by atoms with Crippen molar-refractivity contribution in [1.29, 1.82) is 0 Å². The third-order valence-corrected chi connectivity index (χ3v) is 5.09. The van der Waals surface area contributed by atoms with Crippen molar-refractivity contribution in [1.82, 2.24) is 10.3 Å². The highest BCUT2D eigenvalue weighted by atomic mass is 79.9. The minimum Gasteiger partial charge on any atom is -0.383 e. The van der Waals surface area contributed by atoms with E-state index in [1.54, 1.807) is 18.9 Å². The third kappa shape index (κ3) is 5.11. The summed E-state index contributed by atoms with van der Waals surface area (Å²) >= 11 is 5.25. The van der Waals surface area contributed by atoms with Crippen molar-refractivity contribution in [2.45, 2.75) is 23.4 Å². The molecule has 2 aromatic rings. The van der Waals surface area contributed by atoms with Crippen LogP contribution in [0.3, 0.4) is 0 Å². The topological polar surface area (TPSA) is 34.1 Å². The molecule has 112 valence electrons. The molecule has 0 aliphatic carbocycles. The van der Waals surface area contributed by atoms with Gasteiger partial charge in [-0.3, -0.25) is 0 Å². The highest BCUT2D eigenvalue weighted by Gasteiger charge is 2.06. The lowest BCUT2D eigenvalue weighted by atomic mass is 10.2. The second kappa shape index (κ2) is 8.54. The van der Waals surface area contributed by atoms with E-state index in [0.717, 1.165) is 29.2 Å². The number of methoxy groups -OCH3 is 1. The number of aryl methyl sites for hydroxylation is 1. The molecule has 1 N–H and O–H groups in total. The van der Waals surface area contributed by atoms with Crippen LogP contribution in [0.1, 0.15) is 11.1 Å². The zero-order valence-electron chi connectivity index (χ0n) is 12.2. The van der Waals surface area contributed by atoms with E-state index >= 15 is 0 Å². The van der Waals surface area contributed by atoms with Gasteiger partial charge in [0.05, 0.1) is 6.61 Å². The fourth-order valence-corrected chi connectivity index (χ4v) is 3.24. The number of pyridine rings is 1. The number of benzene rings is 1. The Morgan fingerprint density at radius 2 is 2.14 bits per heavy atom. The van der Waals surface area contributed by atoms with E-state index in [2.05, 4.69) is 45.3 Å². The van der Waals surface area contributed by atoms with Crippen molar-refractivity contribution in [3.8, 4) is 0 Å². The molecule has 0 unspecified atom stereocenters. The summed E-state index contributed by atoms with van der Waals surface area (Å²) in [4.78, 5) is 5.76. The second-order valence-corrected chi connectivity index (χ2v) is 6.55. The van der Waals surface area contributed by atoms with Gasteiger partial charge in [-0.05, 0) is 46.1 Å². The van der Waals surface area contributed by atoms with Gasteiger partial charge in [0.15, 0.2) is 0 Å². The Bertz CT molecular complexity index is 592. The van der Waals surface area contributed by atoms with Gasteiger partial charge < -0.3 is 10.1 Å². The maximum Gasteiger partial charge on any atom is 0.104 e. The van der Waals surface area contributed by atoms with Gasteiger partial charge in [0.2, 0.25) is 0 Å². The largest absolute Gasteiger partial charge is 0.383 e. The molecule has 5 heteroatoms. The first-order valence-corrected chi connectivity index (χ1v) is 8.39. The lowest BCUT2D eigenvalue weighted by Gasteiger charge is -2.09. The van der Waals surface area contributed by atoms with E-state index in [4.69, 9.17) is 4.74 Å². The molecule has 2 rings (SSSR count). The second-order valence-electron chi connectivity index (χ2n) is 4.67. The van der Waals surface area contributed by atoms with E-state index in [-0.39, 0.29) is 0 Å². The van der Waals surface area contributed by atoms with Crippen molar-refractivity contribution in [2.75, 3.05) is 20.3 Å². The molecule has 1 aromatic carbocycles. The predicted octanol–water partition coefficient (Wildman–Crippen LogP) is 4.04. The average molecular weight is 367 g/mol. The Morgan fingerprint density at radius 1 is 1.33 bits per heavy atom. The summed E-state index contributed by atoms with van der Waals surface area (Å²) in [6.07, 6.45) is 1.94. The molecule has 21 heavy (non-hydrogen) atoms. The van der Waals surface area contributed by atoms with E-state index < -0.39 is 0 Å². The molecule has 0 radical (unpaired) electrons. The molecular formula is C16H19BrN2OS. The summed E-state index contributed by atoms with van der Waals surface area (Å²) in [5.74, 6) is 0. The molecule has 3 nitrogen and oxygen atoms in total. The number of ether oxygens (including phenoxy) is 1. The molecule has 0 amide bonds. The van der Waals surface area contributed by atoms with Crippen LogP contribution >= 0.6 is 27.7 Å². The summed E-state index contributed by atoms with van der Waals surface area (Å²) < 4.78 is 6.11. The zero-order chi connectivity index (χ0) is 15.1. The fraction of sp³-hybridized carbons (Fsp3) is 0.312. The van der Waals surface area contributed by atoms with Gasteiger partial charge in [0, 0.05) is 35.8 Å². The van der Waals surface area contributed by atoms with Gasteiger partial charge >= 0.3 is 0 Å². The number of hydrogen-bond donors (Lipinski definition) is 1. The monoisotopic (exact) mass is 366 g/mol. The van der Waals surface area contributed by atoms with Crippen LogP contribution in [-0.2, 0) is 11.3 Å². The Morgan fingerprint density at radius 3 is 2.86 bits per heavy atom. The average Bonchev–Trinajstić information content (AvgIpc) is 2.48. The standard InChI is InChI=1S/C16H19BrN2OS/c1-12-9-13(10-18-7-8-20-2)11-19-16(12)21-15-6-4-3-5-14(15)17/h3-6,9,11,18H,7-8,10H2,1-2H3. The molecular weight excluding hydrogens is 348 g/mol. The Balaban J connectivity index is 2.01. The van der Waals surface area contributed by atoms with Crippen LogP contribution < -0.4 is 5.32 Å². The van der Waals surface area contributed by atoms with Crippen LogP contribution in [0, 0.1) is 6.92 Å². The molecule has 0 aliphatic heterocycles. The number of hydrogen-bond acceptors (Lipinski definition) is 4. The smallest absolute Gasteiger partial charge is 0.104 e. The van der Waals surface area contributed by atoms with Crippen LogP contribution in [-0.4, -0.2) is 25.2 Å². The molecule has 0 saturated carbocycles. The quantitative estimate of drug-likeness (QED) is 0.749. The first-order chi connectivity index (χ1) is 10.2. The van der Waals surface area contributed by atoms with Gasteiger partial charge in [-0.1, -0.05) is 30.0 Å². The molecule has 0 bridgehead atoms. The van der Waals surface area contributed by atoms with Crippen molar-refractivity contribution in [3.05, 3.63) is 52.1 Å². The van der Waals surface area contributed by atoms with Crippen LogP contribution in [0.15, 0.2) is 50.9 Å². The van der Waals surface area contributed by atoms with Crippen molar-refractivity contribution < 1.29 is 4.74 Å². The number of halogens is 1. The molecule has 0 spiro atoms. The van der Waals surface area contributed by atoms with E-state index in [9.17, 15) is 0 Å². The van der Waals surface area contributed by atoms with Crippen LogP contribution in [0.2, 0.25) is 0 Å². The van der Waals surface area contributed by atoms with Crippen LogP contribution in [0.5, 0.6) is 0 Å². The minimum absolute atomic E-state index is 0.725. The number of rotatable bonds is 7. The van der Waals surface area contributed by atoms with Crippen LogP contribution in [0.4, 0.5) is 0 Å². The number of nitrogens with zero attached hydrogens (tertiary/aromatic N) is 1. The Labute approximate surface area is 138 Å². The first-order valence-electron chi connectivity index (χ1n) is 6.78. The summed E-state index contributed by atoms with van der Waals surface area (Å²) in [6.45, 7) is 4.49. The highest BCUT2D eigenvalue weighted by Crippen LogP contribution is 2.33. The number of aromatic nitrogens is 1. The third-order valence-electron chi connectivity index (χ3n) is 2.94. The molecule has 1 aromatic heterocycles. The first kappa shape index (κ1) is 16.5. The van der Waals surface area contributed by atoms with E-state index in [1.807, 2.05) is 24.4 Å². The molecule has 0 saturated heterocycles. The summed E-state index contributed by atoms with van der Waals surface area (Å²) in [7, 11) is 1.71. The predicted molar refractivity (Wildman–Crippen MR) is 90.8 cm³/mol. The zero-order valence-corrected chi connectivity index (χ0v) is 14.6. The SMILES string of the molecule is COCCNCc1cnc(Sc2ccccc2Br)c(C)c1. The molecule has 0 aliphatic rings. The molecule has 0 fully saturated rings. The summed E-state index contributed by atoms with van der Waals surface area (Å²) in [5.41, 5.74) is 2.39. The lowest BCUT2D eigenvalue weighted by Crippen LogP contribution is -2.18. The van der Waals surface area contributed by atoms with Gasteiger partial charge in [-0.25, -0.2) is 4.98 Å². The summed E-state index contributed by atoms with van der Waals surface area (Å²) in [6, 6.07) is 10.4. The fourth-order valence-electron chi connectivity index (χ4n) is 1.86. The molecule has 0 atom stereocenters. The number of nitrogens with one attached hydrogen (secondary N) is 1. The van der Waals surface area contributed by atoms with Crippen molar-refractivity contribution in [3.63, 3.8) is 0 Å². The van der Waals surface area contributed by atoms with E-state index in [0.29, 0.717) is 0 Å². The van der Waals surface area contributed by atoms with Gasteiger partial charge in [0.1, 0.15) is 5.03 Å². The maximum atomic E-state index is 5.01. The Hall–Kier alpha value is -0.880. The van der Waals surface area contributed by atoms with Gasteiger partial charge in [0.25, 0.3) is 0 Å². The maximum absolute atomic E-state index is 5.01. The normalized spacial score (nSPS) is 10.8.